The van der Waals surface area contributed by atoms with Crippen LogP contribution in [-0.4, -0.2) is 9.55 Å². The SMILES string of the molecule is Cn1cc(C=Cc2ccc(Cl)cc2)c2cc(N)cnc21. The van der Waals surface area contributed by atoms with Gasteiger partial charge >= 0.3 is 0 Å². The fourth-order valence-corrected chi connectivity index (χ4v) is 2.33. The van der Waals surface area contributed by atoms with Gasteiger partial charge in [0.25, 0.3) is 0 Å². The Kier molecular flexibility index (Phi) is 3.20. The number of nitrogens with zero attached hydrogens (tertiary/aromatic N) is 2. The molecule has 3 rings (SSSR count). The summed E-state index contributed by atoms with van der Waals surface area (Å²) in [5.74, 6) is 0. The van der Waals surface area contributed by atoms with Crippen LogP contribution in [0.5, 0.6) is 0 Å². The number of aryl methyl sites for hydroxylation is 1. The van der Waals surface area contributed by atoms with Crippen LogP contribution >= 0.6 is 11.6 Å². The topological polar surface area (TPSA) is 43.8 Å². The van der Waals surface area contributed by atoms with Crippen molar-refractivity contribution in [1.82, 2.24) is 9.55 Å². The zero-order valence-electron chi connectivity index (χ0n) is 11.0. The first kappa shape index (κ1) is 12.8. The van der Waals surface area contributed by atoms with E-state index in [2.05, 4.69) is 11.1 Å². The molecule has 1 aromatic carbocycles. The van der Waals surface area contributed by atoms with Gasteiger partial charge in [-0.1, -0.05) is 35.9 Å². The molecular formula is C16H14ClN3. The molecule has 0 saturated heterocycles. The van der Waals surface area contributed by atoms with Gasteiger partial charge in [-0.2, -0.15) is 0 Å². The first-order valence-corrected chi connectivity index (χ1v) is 6.65. The van der Waals surface area contributed by atoms with Gasteiger partial charge < -0.3 is 10.3 Å². The monoisotopic (exact) mass is 283 g/mol. The molecule has 100 valence electrons. The van der Waals surface area contributed by atoms with E-state index in [1.165, 1.54) is 0 Å². The van der Waals surface area contributed by atoms with Crippen LogP contribution in [-0.2, 0) is 7.05 Å². The molecule has 0 bridgehead atoms. The van der Waals surface area contributed by atoms with E-state index in [0.717, 1.165) is 27.2 Å². The maximum atomic E-state index is 5.88. The Hall–Kier alpha value is -2.26. The number of pyridine rings is 1. The lowest BCUT2D eigenvalue weighted by Gasteiger charge is -1.96. The summed E-state index contributed by atoms with van der Waals surface area (Å²) in [4.78, 5) is 4.35. The highest BCUT2D eigenvalue weighted by molar-refractivity contribution is 6.30. The number of hydrogen-bond donors (Lipinski definition) is 1. The lowest BCUT2D eigenvalue weighted by atomic mass is 10.1. The van der Waals surface area contributed by atoms with Gasteiger partial charge in [-0.25, -0.2) is 4.98 Å². The second kappa shape index (κ2) is 5.02. The van der Waals surface area contributed by atoms with E-state index in [0.29, 0.717) is 5.69 Å². The van der Waals surface area contributed by atoms with Crippen LogP contribution in [0.4, 0.5) is 5.69 Å². The Morgan fingerprint density at radius 2 is 1.95 bits per heavy atom. The van der Waals surface area contributed by atoms with Gasteiger partial charge in [-0.3, -0.25) is 0 Å². The second-order valence-corrected chi connectivity index (χ2v) is 5.16. The lowest BCUT2D eigenvalue weighted by molar-refractivity contribution is 0.948. The largest absolute Gasteiger partial charge is 0.397 e. The molecule has 2 heterocycles. The molecule has 2 N–H and O–H groups in total. The highest BCUT2D eigenvalue weighted by Crippen LogP contribution is 2.23. The Balaban J connectivity index is 2.02. The fraction of sp³-hybridized carbons (Fsp3) is 0.0625. The summed E-state index contributed by atoms with van der Waals surface area (Å²) in [5, 5.41) is 1.79. The Morgan fingerprint density at radius 3 is 2.70 bits per heavy atom. The summed E-state index contributed by atoms with van der Waals surface area (Å²) < 4.78 is 2.00. The molecule has 0 atom stereocenters. The van der Waals surface area contributed by atoms with Crippen molar-refractivity contribution in [3.05, 3.63) is 58.9 Å². The van der Waals surface area contributed by atoms with E-state index in [-0.39, 0.29) is 0 Å². The third-order valence-electron chi connectivity index (χ3n) is 3.19. The molecule has 0 aliphatic heterocycles. The van der Waals surface area contributed by atoms with Crippen molar-refractivity contribution in [3.63, 3.8) is 0 Å². The molecule has 0 unspecified atom stereocenters. The first-order valence-electron chi connectivity index (χ1n) is 6.28. The maximum Gasteiger partial charge on any atom is 0.140 e. The second-order valence-electron chi connectivity index (χ2n) is 4.72. The molecule has 0 fully saturated rings. The molecule has 3 aromatic rings. The van der Waals surface area contributed by atoms with Crippen molar-refractivity contribution < 1.29 is 0 Å². The summed E-state index contributed by atoms with van der Waals surface area (Å²) in [6, 6.07) is 9.67. The van der Waals surface area contributed by atoms with Crippen LogP contribution < -0.4 is 5.73 Å². The van der Waals surface area contributed by atoms with E-state index in [4.69, 9.17) is 17.3 Å². The molecule has 3 nitrogen and oxygen atoms in total. The summed E-state index contributed by atoms with van der Waals surface area (Å²) >= 11 is 5.88. The van der Waals surface area contributed by atoms with Crippen molar-refractivity contribution in [2.45, 2.75) is 0 Å². The molecule has 0 radical (unpaired) electrons. The van der Waals surface area contributed by atoms with Crippen molar-refractivity contribution in [3.8, 4) is 0 Å². The predicted molar refractivity (Wildman–Crippen MR) is 85.5 cm³/mol. The van der Waals surface area contributed by atoms with E-state index < -0.39 is 0 Å². The van der Waals surface area contributed by atoms with Gasteiger partial charge in [0.05, 0.1) is 11.9 Å². The third kappa shape index (κ3) is 2.40. The summed E-state index contributed by atoms with van der Waals surface area (Å²) in [5.41, 5.74) is 9.61. The number of nitrogens with two attached hydrogens (primary N) is 1. The minimum Gasteiger partial charge on any atom is -0.397 e. The fourth-order valence-electron chi connectivity index (χ4n) is 2.20. The van der Waals surface area contributed by atoms with E-state index in [1.54, 1.807) is 6.20 Å². The van der Waals surface area contributed by atoms with Crippen molar-refractivity contribution >= 4 is 40.5 Å². The van der Waals surface area contributed by atoms with Gasteiger partial charge in [-0.15, -0.1) is 0 Å². The van der Waals surface area contributed by atoms with Crippen LogP contribution in [0.15, 0.2) is 42.7 Å². The minimum atomic E-state index is 0.671. The molecule has 0 aliphatic rings. The van der Waals surface area contributed by atoms with Crippen LogP contribution in [0.3, 0.4) is 0 Å². The summed E-state index contributed by atoms with van der Waals surface area (Å²) in [6.45, 7) is 0. The van der Waals surface area contributed by atoms with Gasteiger partial charge in [0.1, 0.15) is 5.65 Å². The number of aromatic nitrogens is 2. The normalized spacial score (nSPS) is 11.5. The molecule has 0 saturated carbocycles. The maximum absolute atomic E-state index is 5.88. The molecule has 20 heavy (non-hydrogen) atoms. The van der Waals surface area contributed by atoms with Crippen LogP contribution in [0.1, 0.15) is 11.1 Å². The van der Waals surface area contributed by atoms with Crippen molar-refractivity contribution in [2.75, 3.05) is 5.73 Å². The number of rotatable bonds is 2. The Labute approximate surface area is 122 Å². The van der Waals surface area contributed by atoms with Crippen LogP contribution in [0, 0.1) is 0 Å². The Bertz CT molecular complexity index is 785. The average molecular weight is 284 g/mol. The first-order chi connectivity index (χ1) is 9.63. The van der Waals surface area contributed by atoms with Gasteiger partial charge in [0.15, 0.2) is 0 Å². The number of benzene rings is 1. The summed E-state index contributed by atoms with van der Waals surface area (Å²) in [7, 11) is 1.98. The predicted octanol–water partition coefficient (Wildman–Crippen LogP) is 3.98. The van der Waals surface area contributed by atoms with Gasteiger partial charge in [-0.05, 0) is 23.8 Å². The molecule has 4 heteroatoms. The Morgan fingerprint density at radius 1 is 1.20 bits per heavy atom. The highest BCUT2D eigenvalue weighted by atomic mass is 35.5. The van der Waals surface area contributed by atoms with Crippen molar-refractivity contribution in [2.24, 2.45) is 7.05 Å². The average Bonchev–Trinajstić information content (AvgIpc) is 2.74. The highest BCUT2D eigenvalue weighted by Gasteiger charge is 2.05. The van der Waals surface area contributed by atoms with E-state index in [9.17, 15) is 0 Å². The number of anilines is 1. The molecule has 0 spiro atoms. The standard InChI is InChI=1S/C16H14ClN3/c1-20-10-12(15-8-14(18)9-19-16(15)20)5-2-11-3-6-13(17)7-4-11/h2-10H,18H2,1H3. The molecule has 0 amide bonds. The van der Waals surface area contributed by atoms with Crippen molar-refractivity contribution in [1.29, 1.82) is 0 Å². The zero-order valence-corrected chi connectivity index (χ0v) is 11.8. The zero-order chi connectivity index (χ0) is 14.1. The molecular weight excluding hydrogens is 270 g/mol. The third-order valence-corrected chi connectivity index (χ3v) is 3.44. The quantitative estimate of drug-likeness (QED) is 0.773. The van der Waals surface area contributed by atoms with Crippen LogP contribution in [0.25, 0.3) is 23.2 Å². The number of nitrogen functional groups attached to an aromatic ring is 1. The smallest absolute Gasteiger partial charge is 0.140 e. The molecule has 2 aromatic heterocycles. The van der Waals surface area contributed by atoms with Gasteiger partial charge in [0.2, 0.25) is 0 Å². The van der Waals surface area contributed by atoms with E-state index >= 15 is 0 Å². The van der Waals surface area contributed by atoms with Crippen LogP contribution in [0.2, 0.25) is 5.02 Å². The molecule has 0 aliphatic carbocycles. The lowest BCUT2D eigenvalue weighted by Crippen LogP contribution is -1.89. The number of halogens is 1. The number of fused-ring (bicyclic) bond motifs is 1. The number of hydrogen-bond acceptors (Lipinski definition) is 2. The minimum absolute atomic E-state index is 0.671. The van der Waals surface area contributed by atoms with E-state index in [1.807, 2.05) is 54.2 Å². The summed E-state index contributed by atoms with van der Waals surface area (Å²) in [6.07, 6.45) is 7.83. The van der Waals surface area contributed by atoms with Gasteiger partial charge in [0, 0.05) is 29.2 Å².